The molecule has 210 valence electrons. The lowest BCUT2D eigenvalue weighted by atomic mass is 9.79. The normalized spacial score (nSPS) is 24.8. The van der Waals surface area contributed by atoms with Gasteiger partial charge in [0.15, 0.2) is 23.1 Å². The Bertz CT molecular complexity index is 1400. The van der Waals surface area contributed by atoms with Crippen molar-refractivity contribution in [3.63, 3.8) is 0 Å². The van der Waals surface area contributed by atoms with Crippen LogP contribution in [0.1, 0.15) is 61.7 Å². The van der Waals surface area contributed by atoms with Gasteiger partial charge in [-0.3, -0.25) is 9.59 Å². The van der Waals surface area contributed by atoms with E-state index in [9.17, 15) is 40.2 Å². The summed E-state index contributed by atoms with van der Waals surface area (Å²) in [5.41, 5.74) is 1.06. The Morgan fingerprint density at radius 2 is 1.48 bits per heavy atom. The summed E-state index contributed by atoms with van der Waals surface area (Å²) in [7, 11) is 0. The monoisotopic (exact) mass is 550 g/mol. The summed E-state index contributed by atoms with van der Waals surface area (Å²) in [5, 5.41) is 61.9. The summed E-state index contributed by atoms with van der Waals surface area (Å²) in [6.07, 6.45) is -7.38. The fourth-order valence-corrected chi connectivity index (χ4v) is 5.38. The van der Waals surface area contributed by atoms with Crippen molar-refractivity contribution in [2.24, 2.45) is 0 Å². The number of hydrogen-bond donors (Lipinski definition) is 6. The van der Waals surface area contributed by atoms with Crippen LogP contribution in [0.3, 0.4) is 0 Å². The molecule has 0 unspecified atom stereocenters. The Morgan fingerprint density at radius 3 is 2.12 bits per heavy atom. The van der Waals surface area contributed by atoms with Gasteiger partial charge in [0.25, 0.3) is 0 Å². The van der Waals surface area contributed by atoms with Crippen LogP contribution in [0.5, 0.6) is 11.5 Å². The number of benzene rings is 3. The number of hydrogen-bond acceptors (Lipinski definition) is 10. The van der Waals surface area contributed by atoms with Gasteiger partial charge in [0.2, 0.25) is 6.29 Å². The second kappa shape index (κ2) is 11.5. The van der Waals surface area contributed by atoms with Gasteiger partial charge >= 0.3 is 0 Å². The minimum atomic E-state index is -1.79. The lowest BCUT2D eigenvalue weighted by Crippen LogP contribution is -2.60. The van der Waals surface area contributed by atoms with E-state index in [0.29, 0.717) is 12.8 Å². The van der Waals surface area contributed by atoms with E-state index in [0.717, 1.165) is 5.56 Å². The Labute approximate surface area is 229 Å². The van der Waals surface area contributed by atoms with Crippen LogP contribution in [0.4, 0.5) is 0 Å². The van der Waals surface area contributed by atoms with Gasteiger partial charge < -0.3 is 40.1 Å². The lowest BCUT2D eigenvalue weighted by molar-refractivity contribution is -0.277. The van der Waals surface area contributed by atoms with Crippen molar-refractivity contribution in [3.05, 3.63) is 94.0 Å². The number of fused-ring (bicyclic) bond motifs is 2. The van der Waals surface area contributed by atoms with E-state index in [1.165, 1.54) is 18.2 Å². The first kappa shape index (κ1) is 27.9. The van der Waals surface area contributed by atoms with E-state index in [-0.39, 0.29) is 40.2 Å². The SMILES string of the molecule is O=C1c2ccccc2C(=O)c2c1cc([C@H](CCCO)c1ccccc1)c(O[C@@H]1O[C@@H](CO)[C@H](O)[C@@H](O)[C@@H]1O)c2O. The average Bonchev–Trinajstić information content (AvgIpc) is 2.98. The summed E-state index contributed by atoms with van der Waals surface area (Å²) in [6.45, 7) is -0.825. The highest BCUT2D eigenvalue weighted by Gasteiger charge is 2.46. The third kappa shape index (κ3) is 4.79. The van der Waals surface area contributed by atoms with E-state index < -0.39 is 60.5 Å². The zero-order chi connectivity index (χ0) is 28.6. The fourth-order valence-electron chi connectivity index (χ4n) is 5.38. The van der Waals surface area contributed by atoms with Gasteiger partial charge in [-0.15, -0.1) is 0 Å². The highest BCUT2D eigenvalue weighted by Crippen LogP contribution is 2.47. The molecule has 6 atom stereocenters. The molecule has 2 aliphatic rings. The summed E-state index contributed by atoms with van der Waals surface area (Å²) in [5.74, 6) is -2.52. The number of ether oxygens (including phenoxy) is 2. The van der Waals surface area contributed by atoms with Gasteiger partial charge in [-0.05, 0) is 24.5 Å². The Hall–Kier alpha value is -3.64. The molecule has 3 aromatic rings. The van der Waals surface area contributed by atoms with Gasteiger partial charge in [0.05, 0.1) is 12.2 Å². The summed E-state index contributed by atoms with van der Waals surface area (Å²) < 4.78 is 11.5. The molecule has 10 heteroatoms. The number of phenols is 1. The van der Waals surface area contributed by atoms with Crippen molar-refractivity contribution in [1.82, 2.24) is 0 Å². The smallest absolute Gasteiger partial charge is 0.229 e. The minimum Gasteiger partial charge on any atom is -0.504 e. The molecule has 0 saturated carbocycles. The quantitative estimate of drug-likeness (QED) is 0.187. The lowest BCUT2D eigenvalue weighted by Gasteiger charge is -2.40. The van der Waals surface area contributed by atoms with Crippen LogP contribution in [0.15, 0.2) is 60.7 Å². The fraction of sp³-hybridized carbons (Fsp3) is 0.333. The third-order valence-corrected chi connectivity index (χ3v) is 7.48. The maximum atomic E-state index is 13.5. The number of aliphatic hydroxyl groups is 5. The Balaban J connectivity index is 1.70. The highest BCUT2D eigenvalue weighted by molar-refractivity contribution is 6.29. The number of carbonyl (C=O) groups is 2. The van der Waals surface area contributed by atoms with Crippen LogP contribution in [0, 0.1) is 0 Å². The number of carbonyl (C=O) groups excluding carboxylic acids is 2. The molecule has 10 nitrogen and oxygen atoms in total. The van der Waals surface area contributed by atoms with Crippen molar-refractivity contribution in [2.45, 2.75) is 49.5 Å². The van der Waals surface area contributed by atoms with Crippen LogP contribution in [0.25, 0.3) is 0 Å². The number of rotatable bonds is 8. The second-order valence-electron chi connectivity index (χ2n) is 9.91. The van der Waals surface area contributed by atoms with Gasteiger partial charge in [-0.1, -0.05) is 54.6 Å². The summed E-state index contributed by atoms with van der Waals surface area (Å²) >= 11 is 0. The minimum absolute atomic E-state index is 0.0257. The standard InChI is InChI=1S/C30H30O10/c31-12-6-11-16(15-7-2-1-3-8-15)19-13-20-22(24(34)18-10-5-4-9-17(18)23(20)33)26(36)29(19)40-30-28(38)27(37)25(35)21(14-32)39-30/h1-5,7-10,13,16,21,25,27-28,30-32,35-38H,6,11-12,14H2/t16-,21+,25+,27-,28+,30+/m1/s1. The number of aliphatic hydroxyl groups excluding tert-OH is 5. The first-order valence-electron chi connectivity index (χ1n) is 13.0. The third-order valence-electron chi connectivity index (χ3n) is 7.48. The Morgan fingerprint density at radius 1 is 0.825 bits per heavy atom. The molecule has 3 aromatic carbocycles. The predicted octanol–water partition coefficient (Wildman–Crippen LogP) is 1.25. The maximum Gasteiger partial charge on any atom is 0.229 e. The van der Waals surface area contributed by atoms with Crippen LogP contribution in [0.2, 0.25) is 0 Å². The van der Waals surface area contributed by atoms with Crippen LogP contribution >= 0.6 is 0 Å². The van der Waals surface area contributed by atoms with Crippen molar-refractivity contribution in [2.75, 3.05) is 13.2 Å². The van der Waals surface area contributed by atoms with E-state index in [1.54, 1.807) is 12.1 Å². The molecule has 1 heterocycles. The maximum absolute atomic E-state index is 13.5. The van der Waals surface area contributed by atoms with Gasteiger partial charge in [0, 0.05) is 34.8 Å². The molecule has 0 radical (unpaired) electrons. The molecule has 5 rings (SSSR count). The molecule has 1 saturated heterocycles. The van der Waals surface area contributed by atoms with Crippen LogP contribution in [-0.4, -0.2) is 86.1 Å². The van der Waals surface area contributed by atoms with E-state index in [4.69, 9.17) is 9.47 Å². The number of aromatic hydroxyl groups is 1. The molecule has 0 bridgehead atoms. The number of phenolic OH excluding ortho intramolecular Hbond substituents is 1. The molecule has 0 amide bonds. The number of ketones is 2. The summed E-state index contributed by atoms with van der Waals surface area (Å²) in [6, 6.07) is 16.8. The van der Waals surface area contributed by atoms with Crippen molar-refractivity contribution in [3.8, 4) is 11.5 Å². The van der Waals surface area contributed by atoms with Crippen LogP contribution < -0.4 is 4.74 Å². The van der Waals surface area contributed by atoms with E-state index in [2.05, 4.69) is 0 Å². The van der Waals surface area contributed by atoms with Gasteiger partial charge in [-0.2, -0.15) is 0 Å². The van der Waals surface area contributed by atoms with E-state index >= 15 is 0 Å². The predicted molar refractivity (Wildman–Crippen MR) is 140 cm³/mol. The molecule has 1 fully saturated rings. The van der Waals surface area contributed by atoms with Gasteiger partial charge in [0.1, 0.15) is 24.4 Å². The Kier molecular flexibility index (Phi) is 7.99. The molecular formula is C30H30O10. The highest BCUT2D eigenvalue weighted by atomic mass is 16.7. The first-order valence-corrected chi connectivity index (χ1v) is 13.0. The van der Waals surface area contributed by atoms with Crippen molar-refractivity contribution < 1.29 is 49.7 Å². The zero-order valence-corrected chi connectivity index (χ0v) is 21.4. The van der Waals surface area contributed by atoms with Crippen molar-refractivity contribution in [1.29, 1.82) is 0 Å². The average molecular weight is 551 g/mol. The van der Waals surface area contributed by atoms with Crippen molar-refractivity contribution >= 4 is 11.6 Å². The molecule has 6 N–H and O–H groups in total. The van der Waals surface area contributed by atoms with Crippen LogP contribution in [-0.2, 0) is 4.74 Å². The molecular weight excluding hydrogens is 520 g/mol. The zero-order valence-electron chi connectivity index (χ0n) is 21.4. The topological polar surface area (TPSA) is 174 Å². The first-order chi connectivity index (χ1) is 19.3. The van der Waals surface area contributed by atoms with E-state index in [1.807, 2.05) is 30.3 Å². The molecule has 40 heavy (non-hydrogen) atoms. The largest absolute Gasteiger partial charge is 0.504 e. The molecule has 1 aliphatic heterocycles. The molecule has 0 spiro atoms. The summed E-state index contributed by atoms with van der Waals surface area (Å²) in [4.78, 5) is 27.1. The molecule has 1 aliphatic carbocycles. The van der Waals surface area contributed by atoms with Gasteiger partial charge in [-0.25, -0.2) is 0 Å². The second-order valence-corrected chi connectivity index (χ2v) is 9.91. The molecule has 0 aromatic heterocycles.